The van der Waals surface area contributed by atoms with E-state index < -0.39 is 12.2 Å². The zero-order valence-electron chi connectivity index (χ0n) is 7.86. The van der Waals surface area contributed by atoms with Crippen LogP contribution in [0.3, 0.4) is 0 Å². The first-order valence-electron chi connectivity index (χ1n) is 4.49. The van der Waals surface area contributed by atoms with Crippen molar-refractivity contribution >= 4 is 11.6 Å². The van der Waals surface area contributed by atoms with Gasteiger partial charge in [0.1, 0.15) is 0 Å². The van der Waals surface area contributed by atoms with Crippen LogP contribution in [0.15, 0.2) is 0 Å². The van der Waals surface area contributed by atoms with Crippen LogP contribution in [-0.2, 0) is 0 Å². The minimum Gasteiger partial charge on any atom is -0.396 e. The Morgan fingerprint density at radius 2 is 2.00 bits per heavy atom. The molecule has 3 N–H and O–H groups in total. The second kappa shape index (κ2) is 7.56. The van der Waals surface area contributed by atoms with E-state index in [1.807, 2.05) is 6.92 Å². The minimum absolute atomic E-state index is 0.0852. The van der Waals surface area contributed by atoms with Crippen molar-refractivity contribution in [2.45, 2.75) is 32.0 Å². The van der Waals surface area contributed by atoms with Gasteiger partial charge in [-0.3, -0.25) is 0 Å². The van der Waals surface area contributed by atoms with E-state index in [9.17, 15) is 5.11 Å². The predicted octanol–water partition coefficient (Wildman–Crippen LogP) is 0.560. The third-order valence-electron chi connectivity index (χ3n) is 1.95. The summed E-state index contributed by atoms with van der Waals surface area (Å²) in [6.45, 7) is 1.90. The zero-order chi connectivity index (χ0) is 10.3. The first kappa shape index (κ1) is 13.2. The Morgan fingerprint density at radius 3 is 2.46 bits per heavy atom. The minimum atomic E-state index is -0.666. The summed E-state index contributed by atoms with van der Waals surface area (Å²) >= 11 is 5.40. The lowest BCUT2D eigenvalue weighted by Gasteiger charge is -2.19. The molecule has 79 valence electrons. The number of aliphatic hydroxyl groups is 3. The lowest BCUT2D eigenvalue weighted by atomic mass is 9.95. The fraction of sp³-hybridized carbons (Fsp3) is 0.889. The highest BCUT2D eigenvalue weighted by Crippen LogP contribution is 2.14. The van der Waals surface area contributed by atoms with Crippen molar-refractivity contribution < 1.29 is 15.3 Å². The van der Waals surface area contributed by atoms with Crippen molar-refractivity contribution in [3.63, 3.8) is 0 Å². The van der Waals surface area contributed by atoms with Gasteiger partial charge in [-0.15, -0.1) is 11.6 Å². The van der Waals surface area contributed by atoms with E-state index >= 15 is 0 Å². The van der Waals surface area contributed by atoms with Gasteiger partial charge < -0.3 is 15.3 Å². The summed E-state index contributed by atoms with van der Waals surface area (Å²) in [5.41, 5.74) is 0. The number of aliphatic hydroxyl groups excluding tert-OH is 3. The highest BCUT2D eigenvalue weighted by Gasteiger charge is 2.17. The fourth-order valence-corrected chi connectivity index (χ4v) is 1.20. The Labute approximate surface area is 84.3 Å². The van der Waals surface area contributed by atoms with Gasteiger partial charge in [0.2, 0.25) is 0 Å². The molecule has 0 aliphatic heterocycles. The van der Waals surface area contributed by atoms with E-state index in [2.05, 4.69) is 0 Å². The average Bonchev–Trinajstić information content (AvgIpc) is 2.13. The molecule has 0 aliphatic rings. The van der Waals surface area contributed by atoms with Crippen LogP contribution in [0, 0.1) is 12.3 Å². The number of rotatable bonds is 7. The first-order chi connectivity index (χ1) is 6.11. The van der Waals surface area contributed by atoms with Crippen LogP contribution >= 0.6 is 11.6 Å². The molecule has 0 amide bonds. The summed E-state index contributed by atoms with van der Waals surface area (Å²) in [6, 6.07) is 0. The van der Waals surface area contributed by atoms with Gasteiger partial charge in [-0.1, -0.05) is 6.92 Å². The molecule has 3 atom stereocenters. The summed E-state index contributed by atoms with van der Waals surface area (Å²) in [7, 11) is 0. The van der Waals surface area contributed by atoms with Crippen LogP contribution in [0.25, 0.3) is 0 Å². The standard InChI is InChI=1S/C9H18ClO3/c1-7(5-8(12)6-10)9(13)3-2-4-11/h5,7-9,11-13H,2-4,6H2,1H3. The number of hydrogen-bond acceptors (Lipinski definition) is 3. The smallest absolute Gasteiger partial charge is 0.0710 e. The molecule has 0 saturated heterocycles. The topological polar surface area (TPSA) is 60.7 Å². The number of hydrogen-bond donors (Lipinski definition) is 3. The van der Waals surface area contributed by atoms with Gasteiger partial charge >= 0.3 is 0 Å². The third-order valence-corrected chi connectivity index (χ3v) is 2.26. The van der Waals surface area contributed by atoms with Crippen molar-refractivity contribution in [3.05, 3.63) is 6.42 Å². The van der Waals surface area contributed by atoms with E-state index in [0.717, 1.165) is 0 Å². The number of halogens is 1. The van der Waals surface area contributed by atoms with Gasteiger partial charge in [0.05, 0.1) is 12.2 Å². The molecular formula is C9H18ClO3. The molecule has 3 unspecified atom stereocenters. The molecule has 0 aliphatic carbocycles. The average molecular weight is 210 g/mol. The highest BCUT2D eigenvalue weighted by atomic mass is 35.5. The van der Waals surface area contributed by atoms with Crippen molar-refractivity contribution in [2.24, 2.45) is 5.92 Å². The molecule has 0 aromatic rings. The van der Waals surface area contributed by atoms with Crippen LogP contribution in [0.1, 0.15) is 19.8 Å². The van der Waals surface area contributed by atoms with Crippen molar-refractivity contribution in [1.29, 1.82) is 0 Å². The van der Waals surface area contributed by atoms with E-state index in [4.69, 9.17) is 21.8 Å². The van der Waals surface area contributed by atoms with Gasteiger partial charge in [-0.05, 0) is 25.2 Å². The van der Waals surface area contributed by atoms with Gasteiger partial charge in [-0.2, -0.15) is 0 Å². The Morgan fingerprint density at radius 1 is 1.38 bits per heavy atom. The Kier molecular flexibility index (Phi) is 7.66. The maximum Gasteiger partial charge on any atom is 0.0710 e. The van der Waals surface area contributed by atoms with Crippen LogP contribution in [0.4, 0.5) is 0 Å². The van der Waals surface area contributed by atoms with Crippen molar-refractivity contribution in [3.8, 4) is 0 Å². The summed E-state index contributed by atoms with van der Waals surface area (Å²) in [6.07, 6.45) is 1.57. The van der Waals surface area contributed by atoms with E-state index in [1.54, 1.807) is 6.42 Å². The predicted molar refractivity (Wildman–Crippen MR) is 52.5 cm³/mol. The van der Waals surface area contributed by atoms with Crippen molar-refractivity contribution in [1.82, 2.24) is 0 Å². The quantitative estimate of drug-likeness (QED) is 0.537. The molecule has 3 nitrogen and oxygen atoms in total. The molecule has 0 saturated carbocycles. The first-order valence-corrected chi connectivity index (χ1v) is 5.03. The Balaban J connectivity index is 3.61. The maximum absolute atomic E-state index is 9.50. The second-order valence-corrected chi connectivity index (χ2v) is 3.52. The molecule has 0 spiro atoms. The van der Waals surface area contributed by atoms with Gasteiger partial charge in [0.25, 0.3) is 0 Å². The molecule has 1 radical (unpaired) electrons. The summed E-state index contributed by atoms with van der Waals surface area (Å²) < 4.78 is 0. The SMILES string of the molecule is CC([CH]C(O)CCl)C(O)CCCO. The lowest BCUT2D eigenvalue weighted by Crippen LogP contribution is -2.24. The van der Waals surface area contributed by atoms with Crippen LogP contribution in [-0.4, -0.2) is 40.0 Å². The largest absolute Gasteiger partial charge is 0.396 e. The van der Waals surface area contributed by atoms with E-state index in [-0.39, 0.29) is 18.4 Å². The monoisotopic (exact) mass is 209 g/mol. The Bertz CT molecular complexity index is 121. The molecule has 0 fully saturated rings. The maximum atomic E-state index is 9.50. The zero-order valence-corrected chi connectivity index (χ0v) is 8.61. The van der Waals surface area contributed by atoms with Crippen LogP contribution in [0.5, 0.6) is 0 Å². The highest BCUT2D eigenvalue weighted by molar-refractivity contribution is 6.18. The van der Waals surface area contributed by atoms with Gasteiger partial charge in [0, 0.05) is 12.5 Å². The van der Waals surface area contributed by atoms with Gasteiger partial charge in [-0.25, -0.2) is 0 Å². The van der Waals surface area contributed by atoms with E-state index in [1.165, 1.54) is 0 Å². The molecule has 0 rings (SSSR count). The molecule has 4 heteroatoms. The molecule has 13 heavy (non-hydrogen) atoms. The normalized spacial score (nSPS) is 18.2. The molecule has 0 heterocycles. The van der Waals surface area contributed by atoms with Crippen LogP contribution in [0.2, 0.25) is 0 Å². The molecule has 0 aromatic carbocycles. The summed E-state index contributed by atoms with van der Waals surface area (Å²) in [5, 5.41) is 27.2. The molecular weight excluding hydrogens is 192 g/mol. The van der Waals surface area contributed by atoms with Gasteiger partial charge in [0.15, 0.2) is 0 Å². The number of alkyl halides is 1. The van der Waals surface area contributed by atoms with Crippen molar-refractivity contribution in [2.75, 3.05) is 12.5 Å². The summed E-state index contributed by atoms with van der Waals surface area (Å²) in [5.74, 6) is 0.0529. The summed E-state index contributed by atoms with van der Waals surface area (Å²) in [4.78, 5) is 0. The molecule has 0 bridgehead atoms. The lowest BCUT2D eigenvalue weighted by molar-refractivity contribution is 0.0961. The fourth-order valence-electron chi connectivity index (χ4n) is 1.09. The second-order valence-electron chi connectivity index (χ2n) is 3.21. The van der Waals surface area contributed by atoms with E-state index in [0.29, 0.717) is 12.8 Å². The Hall–Kier alpha value is 0.170. The molecule has 0 aromatic heterocycles. The third kappa shape index (κ3) is 6.27. The van der Waals surface area contributed by atoms with Crippen LogP contribution < -0.4 is 0 Å².